The van der Waals surface area contributed by atoms with Crippen molar-refractivity contribution >= 4 is 33.9 Å². The van der Waals surface area contributed by atoms with E-state index < -0.39 is 21.2 Å². The van der Waals surface area contributed by atoms with Crippen molar-refractivity contribution in [2.45, 2.75) is 96.7 Å². The second kappa shape index (κ2) is 14.1. The summed E-state index contributed by atoms with van der Waals surface area (Å²) >= 11 is 0. The normalized spacial score (nSPS) is 19.9. The number of amidine groups is 1. The largest absolute Gasteiger partial charge is 0.444 e. The van der Waals surface area contributed by atoms with Crippen molar-refractivity contribution in [2.75, 3.05) is 40.3 Å². The van der Waals surface area contributed by atoms with Gasteiger partial charge in [0.05, 0.1) is 0 Å². The van der Waals surface area contributed by atoms with Gasteiger partial charge in [-0.25, -0.2) is 13.2 Å². The topological polar surface area (TPSA) is 112 Å². The fourth-order valence-corrected chi connectivity index (χ4v) is 7.37. The van der Waals surface area contributed by atoms with Crippen LogP contribution in [-0.2, 0) is 26.1 Å². The predicted molar refractivity (Wildman–Crippen MR) is 175 cm³/mol. The van der Waals surface area contributed by atoms with Crippen LogP contribution in [0.5, 0.6) is 0 Å². The number of hydrogen-bond acceptors (Lipinski definition) is 7. The number of rotatable bonds is 10. The molecule has 2 fully saturated rings. The van der Waals surface area contributed by atoms with Crippen molar-refractivity contribution in [3.05, 3.63) is 40.3 Å². The maximum absolute atomic E-state index is 13.3. The lowest BCUT2D eigenvalue weighted by Gasteiger charge is -2.34. The molecule has 244 valence electrons. The Morgan fingerprint density at radius 1 is 1.14 bits per heavy atom. The Hall–Kier alpha value is -2.76. The van der Waals surface area contributed by atoms with E-state index in [1.54, 1.807) is 11.0 Å². The molecule has 2 heterocycles. The average molecular weight is 630 g/mol. The molecule has 11 heteroatoms. The fraction of sp³-hybridized carbons (Fsp3) is 0.667. The van der Waals surface area contributed by atoms with Gasteiger partial charge >= 0.3 is 6.09 Å². The summed E-state index contributed by atoms with van der Waals surface area (Å²) in [5, 5.41) is 4.29. The first kappa shape index (κ1) is 34.1. The molecule has 10 nitrogen and oxygen atoms in total. The Kier molecular flexibility index (Phi) is 11.0. The van der Waals surface area contributed by atoms with Gasteiger partial charge in [0.15, 0.2) is 0 Å². The van der Waals surface area contributed by atoms with E-state index in [2.05, 4.69) is 10.2 Å². The lowest BCUT2D eigenvalue weighted by molar-refractivity contribution is -0.125. The minimum Gasteiger partial charge on any atom is -0.444 e. The van der Waals surface area contributed by atoms with E-state index in [4.69, 9.17) is 9.73 Å². The highest BCUT2D eigenvalue weighted by Crippen LogP contribution is 2.35. The summed E-state index contributed by atoms with van der Waals surface area (Å²) in [5.74, 6) is 1.05. The van der Waals surface area contributed by atoms with E-state index >= 15 is 0 Å². The smallest absolute Gasteiger partial charge is 0.410 e. The first-order chi connectivity index (χ1) is 20.7. The summed E-state index contributed by atoms with van der Waals surface area (Å²) < 4.78 is 33.6. The lowest BCUT2D eigenvalue weighted by atomic mass is 9.88. The summed E-state index contributed by atoms with van der Waals surface area (Å²) in [5.41, 5.74) is 1.23. The van der Waals surface area contributed by atoms with Crippen molar-refractivity contribution < 1.29 is 22.7 Å². The molecular formula is C33H51N5O5S. The van der Waals surface area contributed by atoms with Crippen molar-refractivity contribution in [1.29, 1.82) is 0 Å². The number of ether oxygens (including phenoxy) is 1. The Bertz CT molecular complexity index is 1350. The molecule has 0 radical (unpaired) electrons. The van der Waals surface area contributed by atoms with Gasteiger partial charge < -0.3 is 19.9 Å². The molecule has 1 aromatic carbocycles. The van der Waals surface area contributed by atoms with Crippen LogP contribution >= 0.6 is 0 Å². The highest BCUT2D eigenvalue weighted by atomic mass is 32.2. The van der Waals surface area contributed by atoms with Gasteiger partial charge in [0.25, 0.3) is 5.91 Å². The zero-order chi connectivity index (χ0) is 32.1. The molecule has 0 bridgehead atoms. The average Bonchev–Trinajstić information content (AvgIpc) is 3.26. The number of sulfonamides is 1. The van der Waals surface area contributed by atoms with Crippen LogP contribution in [0.1, 0.15) is 88.8 Å². The van der Waals surface area contributed by atoms with Crippen molar-refractivity contribution in [2.24, 2.45) is 10.9 Å². The molecule has 1 aromatic rings. The minimum absolute atomic E-state index is 0.0793. The highest BCUT2D eigenvalue weighted by Gasteiger charge is 2.48. The Morgan fingerprint density at radius 2 is 1.82 bits per heavy atom. The van der Waals surface area contributed by atoms with E-state index in [9.17, 15) is 18.0 Å². The predicted octanol–water partition coefficient (Wildman–Crippen LogP) is 4.93. The summed E-state index contributed by atoms with van der Waals surface area (Å²) in [6.45, 7) is 9.85. The number of hydrogen-bond donors (Lipinski definition) is 1. The Balaban J connectivity index is 1.38. The number of nitrogens with zero attached hydrogens (tertiary/aromatic N) is 4. The second-order valence-corrected chi connectivity index (χ2v) is 15.6. The summed E-state index contributed by atoms with van der Waals surface area (Å²) in [4.78, 5) is 34.5. The molecule has 3 aliphatic rings. The third-order valence-electron chi connectivity index (χ3n) is 8.71. The van der Waals surface area contributed by atoms with Gasteiger partial charge in [-0.15, -0.1) is 0 Å². The van der Waals surface area contributed by atoms with E-state index in [0.29, 0.717) is 31.8 Å². The molecule has 1 saturated carbocycles. The molecular weight excluding hydrogens is 578 g/mol. The zero-order valence-corrected chi connectivity index (χ0v) is 28.2. The summed E-state index contributed by atoms with van der Waals surface area (Å²) in [6.07, 6.45) is 8.54. The molecule has 0 aromatic heterocycles. The second-order valence-electron chi connectivity index (χ2n) is 13.8. The molecule has 1 spiro atoms. The van der Waals surface area contributed by atoms with Gasteiger partial charge in [0.2, 0.25) is 10.0 Å². The Labute approximate surface area is 263 Å². The third kappa shape index (κ3) is 8.91. The molecule has 2 amide bonds. The monoisotopic (exact) mass is 629 g/mol. The molecule has 44 heavy (non-hydrogen) atoms. The Morgan fingerprint density at radius 3 is 2.43 bits per heavy atom. The fourth-order valence-electron chi connectivity index (χ4n) is 6.19. The number of nitrogens with one attached hydrogen (secondary N) is 1. The first-order valence-corrected chi connectivity index (χ1v) is 17.5. The molecule has 0 unspecified atom stereocenters. The third-order valence-corrected chi connectivity index (χ3v) is 10.3. The van der Waals surface area contributed by atoms with Gasteiger partial charge in [-0.2, -0.15) is 4.31 Å². The van der Waals surface area contributed by atoms with Crippen LogP contribution in [0.25, 0.3) is 6.08 Å². The van der Waals surface area contributed by atoms with Crippen molar-refractivity contribution in [1.82, 2.24) is 19.4 Å². The number of aliphatic imine (C=N–C) groups is 1. The van der Waals surface area contributed by atoms with Crippen LogP contribution in [0.2, 0.25) is 0 Å². The molecule has 1 saturated heterocycles. The van der Waals surface area contributed by atoms with Gasteiger partial charge in [-0.3, -0.25) is 9.79 Å². The highest BCUT2D eigenvalue weighted by molar-refractivity contribution is 7.92. The van der Waals surface area contributed by atoms with Crippen molar-refractivity contribution in [3.63, 3.8) is 0 Å². The number of carbonyl (C=O) groups excluding carboxylic acids is 2. The van der Waals surface area contributed by atoms with Crippen molar-refractivity contribution in [3.8, 4) is 0 Å². The van der Waals surface area contributed by atoms with E-state index in [1.807, 2.05) is 60.0 Å². The SMILES string of the molecule is Cc1cc(CN(CCCN(C)C)C(=O)OC(C)(C)C)ccc1/C=C/S(=O)(=O)N1CCC2(CC1)N=C(C1CCCCC1)NC2=O. The zero-order valence-electron chi connectivity index (χ0n) is 27.4. The maximum Gasteiger partial charge on any atom is 0.410 e. The van der Waals surface area contributed by atoms with E-state index in [-0.39, 0.29) is 25.1 Å². The number of amides is 2. The molecule has 1 N–H and O–H groups in total. The van der Waals surface area contributed by atoms with Crippen LogP contribution in [0, 0.1) is 12.8 Å². The van der Waals surface area contributed by atoms with Crippen LogP contribution in [-0.4, -0.2) is 91.8 Å². The molecule has 0 atom stereocenters. The maximum atomic E-state index is 13.3. The molecule has 2 aliphatic heterocycles. The first-order valence-electron chi connectivity index (χ1n) is 16.0. The van der Waals surface area contributed by atoms with Gasteiger partial charge in [0.1, 0.15) is 17.0 Å². The molecule has 4 rings (SSSR count). The van der Waals surface area contributed by atoms with E-state index in [0.717, 1.165) is 61.2 Å². The number of piperidine rings is 1. The standard InChI is InChI=1S/C33H51N5O5S/c1-25-23-26(24-37(19-10-18-36(5)6)31(40)43-32(2,3)4)13-14-27(25)15-22-44(41,42)38-20-16-33(17-21-38)30(39)34-29(35-33)28-11-8-7-9-12-28/h13-15,22-23,28H,7-12,16-21,24H2,1-6H3,(H,34,35,39)/b22-15+. The van der Waals surface area contributed by atoms with Gasteiger partial charge in [0, 0.05) is 37.5 Å². The number of carbonyl (C=O) groups is 2. The summed E-state index contributed by atoms with van der Waals surface area (Å²) in [6, 6.07) is 5.80. The number of benzene rings is 1. The van der Waals surface area contributed by atoms with Crippen LogP contribution in [0.15, 0.2) is 28.6 Å². The van der Waals surface area contributed by atoms with Gasteiger partial charge in [-0.1, -0.05) is 37.5 Å². The molecule has 1 aliphatic carbocycles. The lowest BCUT2D eigenvalue weighted by Crippen LogP contribution is -2.50. The van der Waals surface area contributed by atoms with E-state index in [1.165, 1.54) is 16.1 Å². The summed E-state index contributed by atoms with van der Waals surface area (Å²) in [7, 11) is 0.338. The van der Waals surface area contributed by atoms with Crippen LogP contribution < -0.4 is 5.32 Å². The minimum atomic E-state index is -3.67. The number of aryl methyl sites for hydroxylation is 1. The van der Waals surface area contributed by atoms with Crippen LogP contribution in [0.4, 0.5) is 4.79 Å². The van der Waals surface area contributed by atoms with Gasteiger partial charge in [-0.05, 0) is 103 Å². The quantitative estimate of drug-likeness (QED) is 0.393. The van der Waals surface area contributed by atoms with Crippen LogP contribution in [0.3, 0.4) is 0 Å².